The number of hydrogen-bond acceptors (Lipinski definition) is 1. The van der Waals surface area contributed by atoms with Crippen molar-refractivity contribution in [3.8, 4) is 11.4 Å². The molecule has 90 valence electrons. The molecule has 2 nitrogen and oxygen atoms in total. The number of nitrogens with zero attached hydrogens (tertiary/aromatic N) is 1. The summed E-state index contributed by atoms with van der Waals surface area (Å²) in [6.45, 7) is 0. The zero-order valence-electron chi connectivity index (χ0n) is 8.68. The van der Waals surface area contributed by atoms with Crippen molar-refractivity contribution in [1.29, 1.82) is 0 Å². The van der Waals surface area contributed by atoms with Crippen LogP contribution in [0.3, 0.4) is 0 Å². The van der Waals surface area contributed by atoms with Crippen LogP contribution in [-0.2, 0) is 0 Å². The molecule has 6 heteroatoms. The zero-order chi connectivity index (χ0) is 12.6. The van der Waals surface area contributed by atoms with Crippen LogP contribution in [0.2, 0.25) is 20.2 Å². The first-order chi connectivity index (χ1) is 8.04. The average Bonchev–Trinajstić information content (AvgIpc) is 2.59. The van der Waals surface area contributed by atoms with Crippen molar-refractivity contribution in [2.24, 2.45) is 0 Å². The predicted molar refractivity (Wildman–Crippen MR) is 72.4 cm³/mol. The van der Waals surface area contributed by atoms with Gasteiger partial charge in [0.15, 0.2) is 0 Å². The molecular formula is C11H7Cl4NO. The molecule has 0 bridgehead atoms. The quantitative estimate of drug-likeness (QED) is 0.752. The van der Waals surface area contributed by atoms with E-state index in [2.05, 4.69) is 0 Å². The summed E-state index contributed by atoms with van der Waals surface area (Å²) in [5.41, 5.74) is 0.607. The van der Waals surface area contributed by atoms with E-state index in [4.69, 9.17) is 51.1 Å². The number of halogens is 4. The van der Waals surface area contributed by atoms with E-state index in [9.17, 15) is 0 Å². The summed E-state index contributed by atoms with van der Waals surface area (Å²) in [7, 11) is 1.53. The maximum Gasteiger partial charge on any atom is 0.145 e. The fourth-order valence-corrected chi connectivity index (χ4v) is 2.41. The maximum atomic E-state index is 6.14. The highest BCUT2D eigenvalue weighted by atomic mass is 35.5. The molecule has 0 N–H and O–H groups in total. The van der Waals surface area contributed by atoms with Crippen molar-refractivity contribution in [2.75, 3.05) is 7.11 Å². The van der Waals surface area contributed by atoms with Crippen molar-refractivity contribution >= 4 is 46.4 Å². The molecule has 2 aromatic rings. The third-order valence-electron chi connectivity index (χ3n) is 2.23. The minimum Gasteiger partial charge on any atom is -0.494 e. The Hall–Kier alpha value is -0.540. The van der Waals surface area contributed by atoms with Gasteiger partial charge in [0.1, 0.15) is 16.6 Å². The average molecular weight is 311 g/mol. The third kappa shape index (κ3) is 2.36. The lowest BCUT2D eigenvalue weighted by atomic mass is 10.3. The normalized spacial score (nSPS) is 10.6. The van der Waals surface area contributed by atoms with Crippen LogP contribution in [0.5, 0.6) is 5.75 Å². The Morgan fingerprint density at radius 1 is 1.06 bits per heavy atom. The van der Waals surface area contributed by atoms with Crippen molar-refractivity contribution in [3.05, 3.63) is 44.6 Å². The van der Waals surface area contributed by atoms with E-state index in [0.29, 0.717) is 31.7 Å². The molecule has 1 aromatic carbocycles. The number of methoxy groups -OCH3 is 1. The summed E-state index contributed by atoms with van der Waals surface area (Å²) >= 11 is 24.0. The second-order valence-electron chi connectivity index (χ2n) is 3.26. The Labute approximate surface area is 119 Å². The molecule has 17 heavy (non-hydrogen) atoms. The van der Waals surface area contributed by atoms with E-state index in [1.165, 1.54) is 7.11 Å². The smallest absolute Gasteiger partial charge is 0.145 e. The highest BCUT2D eigenvalue weighted by Gasteiger charge is 2.15. The van der Waals surface area contributed by atoms with Gasteiger partial charge in [-0.15, -0.1) is 0 Å². The minimum atomic E-state index is 0.370. The molecule has 0 spiro atoms. The Bertz CT molecular complexity index is 565. The molecule has 0 radical (unpaired) electrons. The minimum absolute atomic E-state index is 0.370. The van der Waals surface area contributed by atoms with Gasteiger partial charge in [0.2, 0.25) is 0 Å². The van der Waals surface area contributed by atoms with Gasteiger partial charge in [-0.3, -0.25) is 0 Å². The van der Waals surface area contributed by atoms with Crippen molar-refractivity contribution in [2.45, 2.75) is 0 Å². The van der Waals surface area contributed by atoms with Gasteiger partial charge >= 0.3 is 0 Å². The molecule has 1 heterocycles. The first kappa shape index (κ1) is 12.9. The zero-order valence-corrected chi connectivity index (χ0v) is 11.7. The summed E-state index contributed by atoms with van der Waals surface area (Å²) in [6, 6.07) is 4.95. The molecule has 0 unspecified atom stereocenters. The Morgan fingerprint density at radius 2 is 1.76 bits per heavy atom. The van der Waals surface area contributed by atoms with Crippen LogP contribution >= 0.6 is 46.4 Å². The van der Waals surface area contributed by atoms with Crippen LogP contribution in [0.4, 0.5) is 0 Å². The van der Waals surface area contributed by atoms with Crippen molar-refractivity contribution in [1.82, 2.24) is 4.57 Å². The standard InChI is InChI=1S/C11H7Cl4NO/c1-17-9-5-6(12)4-8(14)10(9)16-3-2-7(13)11(16)15/h2-5H,1H3. The first-order valence-corrected chi connectivity index (χ1v) is 6.11. The summed E-state index contributed by atoms with van der Waals surface area (Å²) in [4.78, 5) is 0. The number of aromatic nitrogens is 1. The van der Waals surface area contributed by atoms with Crippen molar-refractivity contribution < 1.29 is 4.74 Å². The third-order valence-corrected chi connectivity index (χ3v) is 3.53. The number of hydrogen-bond donors (Lipinski definition) is 0. The van der Waals surface area contributed by atoms with Gasteiger partial charge < -0.3 is 9.30 Å². The van der Waals surface area contributed by atoms with Crippen molar-refractivity contribution in [3.63, 3.8) is 0 Å². The van der Waals surface area contributed by atoms with Gasteiger partial charge in [-0.05, 0) is 12.1 Å². The number of rotatable bonds is 2. The van der Waals surface area contributed by atoms with Crippen LogP contribution in [0.1, 0.15) is 0 Å². The Kier molecular flexibility index (Phi) is 3.79. The molecular weight excluding hydrogens is 304 g/mol. The molecule has 0 fully saturated rings. The van der Waals surface area contributed by atoms with Gasteiger partial charge in [-0.25, -0.2) is 0 Å². The lowest BCUT2D eigenvalue weighted by Gasteiger charge is -2.13. The highest BCUT2D eigenvalue weighted by Crippen LogP contribution is 2.37. The monoisotopic (exact) mass is 309 g/mol. The molecule has 0 aliphatic rings. The van der Waals surface area contributed by atoms with Gasteiger partial charge in [-0.1, -0.05) is 46.4 Å². The van der Waals surface area contributed by atoms with Crippen LogP contribution in [0.15, 0.2) is 24.4 Å². The molecule has 0 atom stereocenters. The molecule has 1 aromatic heterocycles. The SMILES string of the molecule is COc1cc(Cl)cc(Cl)c1-n1ccc(Cl)c1Cl. The van der Waals surface area contributed by atoms with E-state index in [0.717, 1.165) is 0 Å². The van der Waals surface area contributed by atoms with E-state index >= 15 is 0 Å². The van der Waals surface area contributed by atoms with E-state index < -0.39 is 0 Å². The van der Waals surface area contributed by atoms with E-state index in [1.807, 2.05) is 0 Å². The summed E-state index contributed by atoms with van der Waals surface area (Å²) in [5.74, 6) is 0.525. The molecule has 0 saturated heterocycles. The van der Waals surface area contributed by atoms with Crippen LogP contribution in [-0.4, -0.2) is 11.7 Å². The number of ether oxygens (including phenoxy) is 1. The second-order valence-corrected chi connectivity index (χ2v) is 4.87. The Morgan fingerprint density at radius 3 is 2.29 bits per heavy atom. The summed E-state index contributed by atoms with van der Waals surface area (Å²) in [6.07, 6.45) is 1.71. The topological polar surface area (TPSA) is 14.2 Å². The second kappa shape index (κ2) is 4.99. The van der Waals surface area contributed by atoms with Gasteiger partial charge in [0, 0.05) is 17.3 Å². The Balaban J connectivity index is 2.70. The maximum absolute atomic E-state index is 6.14. The van der Waals surface area contributed by atoms with Gasteiger partial charge in [-0.2, -0.15) is 0 Å². The van der Waals surface area contributed by atoms with Gasteiger partial charge in [0.05, 0.1) is 17.2 Å². The van der Waals surface area contributed by atoms with Gasteiger partial charge in [0.25, 0.3) is 0 Å². The van der Waals surface area contributed by atoms with Crippen LogP contribution in [0.25, 0.3) is 5.69 Å². The molecule has 2 rings (SSSR count). The predicted octanol–water partition coefficient (Wildman–Crippen LogP) is 5.10. The first-order valence-electron chi connectivity index (χ1n) is 4.60. The summed E-state index contributed by atoms with van der Waals surface area (Å²) in [5, 5.41) is 1.74. The molecule has 0 saturated carbocycles. The van der Waals surface area contributed by atoms with Crippen LogP contribution in [0, 0.1) is 0 Å². The highest BCUT2D eigenvalue weighted by molar-refractivity contribution is 6.42. The van der Waals surface area contributed by atoms with E-state index in [-0.39, 0.29) is 0 Å². The largest absolute Gasteiger partial charge is 0.494 e. The molecule has 0 aliphatic carbocycles. The van der Waals surface area contributed by atoms with E-state index in [1.54, 1.807) is 29.0 Å². The molecule has 0 amide bonds. The van der Waals surface area contributed by atoms with Crippen LogP contribution < -0.4 is 4.74 Å². The number of benzene rings is 1. The fraction of sp³-hybridized carbons (Fsp3) is 0.0909. The lowest BCUT2D eigenvalue weighted by Crippen LogP contribution is -1.98. The summed E-state index contributed by atoms with van der Waals surface area (Å²) < 4.78 is 6.87. The molecule has 0 aliphatic heterocycles. The lowest BCUT2D eigenvalue weighted by molar-refractivity contribution is 0.413. The fourth-order valence-electron chi connectivity index (χ4n) is 1.49.